The van der Waals surface area contributed by atoms with E-state index in [1.807, 2.05) is 6.92 Å². The Morgan fingerprint density at radius 1 is 1.25 bits per heavy atom. The fourth-order valence-electron chi connectivity index (χ4n) is 2.54. The van der Waals surface area contributed by atoms with E-state index in [2.05, 4.69) is 15.2 Å². The van der Waals surface area contributed by atoms with Crippen LogP contribution in [0.4, 0.5) is 18.9 Å². The number of halogens is 3. The molecule has 0 fully saturated rings. The summed E-state index contributed by atoms with van der Waals surface area (Å²) in [4.78, 5) is 23.7. The minimum Gasteiger partial charge on any atom is -0.462 e. The van der Waals surface area contributed by atoms with Crippen LogP contribution in [0.3, 0.4) is 0 Å². The topological polar surface area (TPSA) is 99.2 Å². The van der Waals surface area contributed by atoms with E-state index in [1.165, 1.54) is 31.2 Å². The second kappa shape index (κ2) is 8.87. The van der Waals surface area contributed by atoms with E-state index < -0.39 is 29.4 Å². The molecule has 0 aliphatic rings. The minimum atomic E-state index is -4.82. The Morgan fingerprint density at radius 3 is 2.43 bits per heavy atom. The van der Waals surface area contributed by atoms with Crippen LogP contribution in [0, 0.1) is 0 Å². The van der Waals surface area contributed by atoms with E-state index >= 15 is 0 Å². The molecule has 3 N–H and O–H groups in total. The average molecular weight is 398 g/mol. The largest absolute Gasteiger partial charge is 0.462 e. The molecule has 7 nitrogen and oxygen atoms in total. The molecule has 2 aromatic rings. The molecule has 0 saturated heterocycles. The van der Waals surface area contributed by atoms with Crippen LogP contribution in [0.2, 0.25) is 0 Å². The van der Waals surface area contributed by atoms with E-state index in [9.17, 15) is 22.8 Å². The number of benzene rings is 1. The first-order valence-corrected chi connectivity index (χ1v) is 8.68. The first kappa shape index (κ1) is 21.4. The summed E-state index contributed by atoms with van der Waals surface area (Å²) in [6, 6.07) is 4.88. The summed E-state index contributed by atoms with van der Waals surface area (Å²) in [5.74, 6) is -1.48. The van der Waals surface area contributed by atoms with Crippen LogP contribution < -0.4 is 11.1 Å². The molecule has 1 amide bonds. The Hall–Kier alpha value is -2.88. The molecule has 152 valence electrons. The first-order chi connectivity index (χ1) is 13.2. The normalized spacial score (nSPS) is 12.5. The lowest BCUT2D eigenvalue weighted by atomic mass is 10.1. The maximum Gasteiger partial charge on any atom is 0.434 e. The van der Waals surface area contributed by atoms with Gasteiger partial charge >= 0.3 is 12.1 Å². The zero-order valence-corrected chi connectivity index (χ0v) is 15.4. The van der Waals surface area contributed by atoms with E-state index in [4.69, 9.17) is 5.73 Å². The number of anilines is 1. The quantitative estimate of drug-likeness (QED) is 0.698. The summed E-state index contributed by atoms with van der Waals surface area (Å²) in [6.45, 7) is 3.33. The lowest BCUT2D eigenvalue weighted by molar-refractivity contribution is -0.143. The van der Waals surface area contributed by atoms with Crippen molar-refractivity contribution in [3.63, 3.8) is 0 Å². The molecule has 0 spiro atoms. The molecular formula is C18H21F3N4O3. The average Bonchev–Trinajstić information content (AvgIpc) is 3.08. The summed E-state index contributed by atoms with van der Waals surface area (Å²) in [5.41, 5.74) is 4.28. The highest BCUT2D eigenvalue weighted by atomic mass is 19.4. The first-order valence-electron chi connectivity index (χ1n) is 8.68. The van der Waals surface area contributed by atoms with E-state index in [0.717, 1.165) is 12.6 Å². The number of rotatable bonds is 7. The lowest BCUT2D eigenvalue weighted by Gasteiger charge is -2.14. The van der Waals surface area contributed by atoms with Gasteiger partial charge in [0.2, 0.25) is 5.91 Å². The minimum absolute atomic E-state index is 0.0596. The van der Waals surface area contributed by atoms with Gasteiger partial charge in [-0.1, -0.05) is 13.3 Å². The third kappa shape index (κ3) is 4.89. The molecule has 1 aromatic heterocycles. The predicted molar refractivity (Wildman–Crippen MR) is 96.0 cm³/mol. The Morgan fingerprint density at radius 2 is 1.89 bits per heavy atom. The Balaban J connectivity index is 2.31. The number of esters is 1. The molecule has 1 heterocycles. The zero-order chi connectivity index (χ0) is 20.9. The number of hydrogen-bond acceptors (Lipinski definition) is 5. The van der Waals surface area contributed by atoms with Gasteiger partial charge in [0.05, 0.1) is 24.5 Å². The van der Waals surface area contributed by atoms with Crippen LogP contribution in [-0.2, 0) is 15.7 Å². The SMILES string of the molecule is CCCC(N)C(=O)Nc1ccc(-n2ncc(C(=O)OCC)c2C(F)(F)F)cc1. The van der Waals surface area contributed by atoms with Crippen LogP contribution in [0.15, 0.2) is 30.5 Å². The molecule has 2 rings (SSSR count). The van der Waals surface area contributed by atoms with Gasteiger partial charge in [-0.25, -0.2) is 9.48 Å². The number of carbonyl (C=O) groups is 2. The number of amides is 1. The fraction of sp³-hybridized carbons (Fsp3) is 0.389. The van der Waals surface area contributed by atoms with Crippen LogP contribution in [0.1, 0.15) is 42.7 Å². The van der Waals surface area contributed by atoms with E-state index in [-0.39, 0.29) is 18.2 Å². The molecule has 1 atom stereocenters. The molecule has 0 radical (unpaired) electrons. The van der Waals surface area contributed by atoms with Gasteiger partial charge in [0.15, 0.2) is 5.69 Å². The van der Waals surface area contributed by atoms with Crippen LogP contribution in [-0.4, -0.2) is 34.3 Å². The maximum atomic E-state index is 13.5. The van der Waals surface area contributed by atoms with Gasteiger partial charge in [-0.3, -0.25) is 4.79 Å². The summed E-state index contributed by atoms with van der Waals surface area (Å²) < 4.78 is 45.8. The van der Waals surface area contributed by atoms with Crippen molar-refractivity contribution in [2.24, 2.45) is 5.73 Å². The summed E-state index contributed by atoms with van der Waals surface area (Å²) in [7, 11) is 0. The highest BCUT2D eigenvalue weighted by Gasteiger charge is 2.41. The maximum absolute atomic E-state index is 13.5. The number of nitrogens with zero attached hydrogens (tertiary/aromatic N) is 2. The van der Waals surface area contributed by atoms with Crippen molar-refractivity contribution < 1.29 is 27.5 Å². The molecule has 0 aliphatic heterocycles. The number of ether oxygens (including phenoxy) is 1. The van der Waals surface area contributed by atoms with Gasteiger partial charge in [0.1, 0.15) is 5.56 Å². The Kier molecular flexibility index (Phi) is 6.79. The van der Waals surface area contributed by atoms with Crippen LogP contribution in [0.25, 0.3) is 5.69 Å². The van der Waals surface area contributed by atoms with Crippen molar-refractivity contribution in [3.8, 4) is 5.69 Å². The second-order valence-electron chi connectivity index (χ2n) is 5.97. The van der Waals surface area contributed by atoms with Gasteiger partial charge < -0.3 is 15.8 Å². The highest BCUT2D eigenvalue weighted by Crippen LogP contribution is 2.34. The van der Waals surface area contributed by atoms with Crippen molar-refractivity contribution in [2.45, 2.75) is 38.9 Å². The van der Waals surface area contributed by atoms with Crippen LogP contribution in [0.5, 0.6) is 0 Å². The second-order valence-corrected chi connectivity index (χ2v) is 5.97. The summed E-state index contributed by atoms with van der Waals surface area (Å²) >= 11 is 0. The number of alkyl halides is 3. The van der Waals surface area contributed by atoms with Gasteiger partial charge in [0.25, 0.3) is 0 Å². The van der Waals surface area contributed by atoms with Crippen molar-refractivity contribution in [3.05, 3.63) is 41.7 Å². The lowest BCUT2D eigenvalue weighted by Crippen LogP contribution is -2.35. The molecule has 1 aromatic carbocycles. The van der Waals surface area contributed by atoms with Crippen molar-refractivity contribution in [1.29, 1.82) is 0 Å². The van der Waals surface area contributed by atoms with Gasteiger partial charge in [-0.2, -0.15) is 18.3 Å². The van der Waals surface area contributed by atoms with Gasteiger partial charge in [-0.05, 0) is 37.6 Å². The zero-order valence-electron chi connectivity index (χ0n) is 15.4. The third-order valence-corrected chi connectivity index (χ3v) is 3.85. The fourth-order valence-corrected chi connectivity index (χ4v) is 2.54. The smallest absolute Gasteiger partial charge is 0.434 e. The number of carbonyl (C=O) groups excluding carboxylic acids is 2. The van der Waals surface area contributed by atoms with Gasteiger partial charge in [-0.15, -0.1) is 0 Å². The molecule has 0 aliphatic carbocycles. The van der Waals surface area contributed by atoms with Crippen molar-refractivity contribution in [2.75, 3.05) is 11.9 Å². The molecule has 10 heteroatoms. The van der Waals surface area contributed by atoms with Crippen molar-refractivity contribution >= 4 is 17.6 Å². The number of aromatic nitrogens is 2. The number of nitrogens with one attached hydrogen (secondary N) is 1. The standard InChI is InChI=1S/C18H21F3N4O3/c1-3-5-14(22)16(26)24-11-6-8-12(9-7-11)25-15(18(19,20)21)13(10-23-25)17(27)28-4-2/h6-10,14H,3-5,22H2,1-2H3,(H,24,26). The predicted octanol–water partition coefficient (Wildman–Crippen LogP) is 3.13. The third-order valence-electron chi connectivity index (χ3n) is 3.85. The van der Waals surface area contributed by atoms with E-state index in [1.54, 1.807) is 0 Å². The molecule has 1 unspecified atom stereocenters. The molecule has 28 heavy (non-hydrogen) atoms. The van der Waals surface area contributed by atoms with Crippen LogP contribution >= 0.6 is 0 Å². The van der Waals surface area contributed by atoms with Gasteiger partial charge in [0, 0.05) is 5.69 Å². The van der Waals surface area contributed by atoms with Crippen molar-refractivity contribution in [1.82, 2.24) is 9.78 Å². The molecular weight excluding hydrogens is 377 g/mol. The summed E-state index contributed by atoms with van der Waals surface area (Å²) in [6.07, 6.45) is -2.74. The monoisotopic (exact) mass is 398 g/mol. The molecule has 0 bridgehead atoms. The summed E-state index contributed by atoms with van der Waals surface area (Å²) in [5, 5.41) is 6.29. The number of hydrogen-bond donors (Lipinski definition) is 2. The van der Waals surface area contributed by atoms with E-state index in [0.29, 0.717) is 16.8 Å². The molecule has 0 saturated carbocycles. The Bertz CT molecular complexity index is 832. The highest BCUT2D eigenvalue weighted by molar-refractivity contribution is 5.94. The number of nitrogens with two attached hydrogens (primary N) is 1. The Labute approximate surface area is 159 Å².